The largest absolute Gasteiger partial charge is 0.381 e. The minimum atomic E-state index is -0.277. The lowest BCUT2D eigenvalue weighted by atomic mass is 9.99. The molecule has 1 atom stereocenters. The van der Waals surface area contributed by atoms with Gasteiger partial charge >= 0.3 is 0 Å². The number of carbonyl (C=O) groups excluding carboxylic acids is 1. The highest BCUT2D eigenvalue weighted by atomic mass is 16.5. The highest BCUT2D eigenvalue weighted by molar-refractivity contribution is 6.03. The van der Waals surface area contributed by atoms with E-state index in [-0.39, 0.29) is 17.4 Å². The quantitative estimate of drug-likeness (QED) is 0.711. The van der Waals surface area contributed by atoms with Crippen LogP contribution in [0, 0.1) is 5.92 Å². The standard InChI is InChI=1S/C24H26N2O3/c1-17(19-6-3-2-4-7-19)23(27)25-22-9-5-8-21-20(22)10-13-26(24(21)28)16-18-11-14-29-15-12-18/h2-10,13,17-18H,11-12,14-16H2,1H3,(H,25,27). The number of hydrogen-bond acceptors (Lipinski definition) is 3. The summed E-state index contributed by atoms with van der Waals surface area (Å²) >= 11 is 0. The first-order valence-corrected chi connectivity index (χ1v) is 10.2. The van der Waals surface area contributed by atoms with Gasteiger partial charge in [-0.2, -0.15) is 0 Å². The zero-order valence-corrected chi connectivity index (χ0v) is 16.6. The molecular formula is C24H26N2O3. The Labute approximate surface area is 170 Å². The van der Waals surface area contributed by atoms with Gasteiger partial charge in [0, 0.05) is 42.4 Å². The zero-order chi connectivity index (χ0) is 20.2. The molecule has 1 saturated heterocycles. The molecule has 1 aliphatic heterocycles. The summed E-state index contributed by atoms with van der Waals surface area (Å²) in [6.45, 7) is 4.13. The van der Waals surface area contributed by atoms with Gasteiger partial charge in [-0.3, -0.25) is 9.59 Å². The second-order valence-electron chi connectivity index (χ2n) is 7.72. The van der Waals surface area contributed by atoms with Crippen LogP contribution >= 0.6 is 0 Å². The van der Waals surface area contributed by atoms with Crippen molar-refractivity contribution in [3.8, 4) is 0 Å². The number of hydrogen-bond donors (Lipinski definition) is 1. The second kappa shape index (κ2) is 8.62. The fourth-order valence-electron chi connectivity index (χ4n) is 3.91. The summed E-state index contributed by atoms with van der Waals surface area (Å²) in [4.78, 5) is 25.8. The van der Waals surface area contributed by atoms with Crippen molar-refractivity contribution in [1.29, 1.82) is 0 Å². The van der Waals surface area contributed by atoms with Crippen molar-refractivity contribution in [2.24, 2.45) is 5.92 Å². The molecule has 1 aromatic heterocycles. The summed E-state index contributed by atoms with van der Waals surface area (Å²) in [6, 6.07) is 17.1. The molecule has 1 fully saturated rings. The van der Waals surface area contributed by atoms with Gasteiger partial charge in [0.25, 0.3) is 5.56 Å². The first-order chi connectivity index (χ1) is 14.1. The van der Waals surface area contributed by atoms with Gasteiger partial charge < -0.3 is 14.6 Å². The molecule has 3 aromatic rings. The topological polar surface area (TPSA) is 60.3 Å². The average Bonchev–Trinajstić information content (AvgIpc) is 2.77. The second-order valence-corrected chi connectivity index (χ2v) is 7.72. The van der Waals surface area contributed by atoms with E-state index < -0.39 is 0 Å². The maximum absolute atomic E-state index is 13.0. The third kappa shape index (κ3) is 4.25. The summed E-state index contributed by atoms with van der Waals surface area (Å²) < 4.78 is 7.20. The number of rotatable bonds is 5. The van der Waals surface area contributed by atoms with E-state index in [1.807, 2.05) is 67.7 Å². The molecule has 0 saturated carbocycles. The number of anilines is 1. The van der Waals surface area contributed by atoms with Gasteiger partial charge in [0.1, 0.15) is 0 Å². The Morgan fingerprint density at radius 3 is 2.59 bits per heavy atom. The van der Waals surface area contributed by atoms with Crippen molar-refractivity contribution >= 4 is 22.4 Å². The number of carbonyl (C=O) groups is 1. The van der Waals surface area contributed by atoms with E-state index in [0.29, 0.717) is 23.5 Å². The normalized spacial score (nSPS) is 15.9. The summed E-state index contributed by atoms with van der Waals surface area (Å²) in [6.07, 6.45) is 3.81. The van der Waals surface area contributed by atoms with Crippen LogP contribution in [0.5, 0.6) is 0 Å². The van der Waals surface area contributed by atoms with Gasteiger partial charge in [0.2, 0.25) is 5.91 Å². The molecule has 5 nitrogen and oxygen atoms in total. The van der Waals surface area contributed by atoms with Crippen LogP contribution in [0.15, 0.2) is 65.6 Å². The minimum absolute atomic E-state index is 0.0128. The highest BCUT2D eigenvalue weighted by Crippen LogP contribution is 2.24. The molecule has 0 radical (unpaired) electrons. The number of pyridine rings is 1. The molecule has 1 unspecified atom stereocenters. The molecule has 0 spiro atoms. The molecule has 1 amide bonds. The Bertz CT molecular complexity index is 1050. The molecule has 1 aliphatic rings. The predicted molar refractivity (Wildman–Crippen MR) is 115 cm³/mol. The molecule has 2 aromatic carbocycles. The monoisotopic (exact) mass is 390 g/mol. The average molecular weight is 390 g/mol. The van der Waals surface area contributed by atoms with E-state index in [1.165, 1.54) is 0 Å². The van der Waals surface area contributed by atoms with Gasteiger partial charge in [-0.1, -0.05) is 36.4 Å². The third-order valence-corrected chi connectivity index (χ3v) is 5.77. The third-order valence-electron chi connectivity index (χ3n) is 5.77. The molecule has 150 valence electrons. The van der Waals surface area contributed by atoms with Crippen molar-refractivity contribution in [3.63, 3.8) is 0 Å². The SMILES string of the molecule is CC(C(=O)Nc1cccc2c(=O)n(CC3CCOCC3)ccc12)c1ccccc1. The van der Waals surface area contributed by atoms with E-state index in [1.54, 1.807) is 4.57 Å². The molecular weight excluding hydrogens is 364 g/mol. The van der Waals surface area contributed by atoms with Gasteiger partial charge in [-0.25, -0.2) is 0 Å². The van der Waals surface area contributed by atoms with E-state index in [2.05, 4.69) is 5.32 Å². The van der Waals surface area contributed by atoms with Gasteiger partial charge in [0.05, 0.1) is 5.92 Å². The molecule has 0 aliphatic carbocycles. The minimum Gasteiger partial charge on any atom is -0.381 e. The fourth-order valence-corrected chi connectivity index (χ4v) is 3.91. The number of amides is 1. The molecule has 1 N–H and O–H groups in total. The number of nitrogens with one attached hydrogen (secondary N) is 1. The summed E-state index contributed by atoms with van der Waals surface area (Å²) in [5.74, 6) is 0.101. The van der Waals surface area contributed by atoms with Crippen molar-refractivity contribution < 1.29 is 9.53 Å². The van der Waals surface area contributed by atoms with Crippen LogP contribution in [0.3, 0.4) is 0 Å². The van der Waals surface area contributed by atoms with E-state index in [9.17, 15) is 9.59 Å². The first kappa shape index (κ1) is 19.4. The van der Waals surface area contributed by atoms with Gasteiger partial charge in [0.15, 0.2) is 0 Å². The van der Waals surface area contributed by atoms with Crippen molar-refractivity contribution in [2.75, 3.05) is 18.5 Å². The van der Waals surface area contributed by atoms with Crippen LogP contribution in [-0.4, -0.2) is 23.7 Å². The molecule has 4 rings (SSSR count). The van der Waals surface area contributed by atoms with E-state index in [0.717, 1.165) is 37.0 Å². The Morgan fingerprint density at radius 2 is 1.83 bits per heavy atom. The van der Waals surface area contributed by atoms with Gasteiger partial charge in [-0.05, 0) is 49.4 Å². The van der Waals surface area contributed by atoms with E-state index in [4.69, 9.17) is 4.74 Å². The first-order valence-electron chi connectivity index (χ1n) is 10.2. The lowest BCUT2D eigenvalue weighted by Gasteiger charge is -2.23. The molecule has 2 heterocycles. The van der Waals surface area contributed by atoms with Gasteiger partial charge in [-0.15, -0.1) is 0 Å². The highest BCUT2D eigenvalue weighted by Gasteiger charge is 2.18. The van der Waals surface area contributed by atoms with Crippen LogP contribution < -0.4 is 10.9 Å². The Morgan fingerprint density at radius 1 is 1.07 bits per heavy atom. The van der Waals surface area contributed by atoms with Crippen molar-refractivity contribution in [2.45, 2.75) is 32.2 Å². The lowest BCUT2D eigenvalue weighted by Crippen LogP contribution is -2.27. The molecule has 0 bridgehead atoms. The van der Waals surface area contributed by atoms with Crippen molar-refractivity contribution in [1.82, 2.24) is 4.57 Å². The Hall–Kier alpha value is -2.92. The Balaban J connectivity index is 1.58. The molecule has 5 heteroatoms. The molecule has 29 heavy (non-hydrogen) atoms. The number of benzene rings is 2. The summed E-state index contributed by atoms with van der Waals surface area (Å²) in [5, 5.41) is 4.41. The number of fused-ring (bicyclic) bond motifs is 1. The number of nitrogens with zero attached hydrogens (tertiary/aromatic N) is 1. The van der Waals surface area contributed by atoms with Crippen LogP contribution in [0.4, 0.5) is 5.69 Å². The van der Waals surface area contributed by atoms with Crippen molar-refractivity contribution in [3.05, 3.63) is 76.7 Å². The summed E-state index contributed by atoms with van der Waals surface area (Å²) in [7, 11) is 0. The van der Waals surface area contributed by atoms with Crippen LogP contribution in [0.25, 0.3) is 10.8 Å². The van der Waals surface area contributed by atoms with E-state index >= 15 is 0 Å². The maximum atomic E-state index is 13.0. The zero-order valence-electron chi connectivity index (χ0n) is 16.6. The van der Waals surface area contributed by atoms with Crippen LogP contribution in [0.2, 0.25) is 0 Å². The number of ether oxygens (including phenoxy) is 1. The smallest absolute Gasteiger partial charge is 0.258 e. The predicted octanol–water partition coefficient (Wildman–Crippen LogP) is 4.17. The van der Waals surface area contributed by atoms with Crippen LogP contribution in [0.1, 0.15) is 31.2 Å². The maximum Gasteiger partial charge on any atom is 0.258 e. The van der Waals surface area contributed by atoms with Crippen LogP contribution in [-0.2, 0) is 16.1 Å². The lowest BCUT2D eigenvalue weighted by molar-refractivity contribution is -0.117. The number of aromatic nitrogens is 1. The fraction of sp³-hybridized carbons (Fsp3) is 0.333. The Kier molecular flexibility index (Phi) is 5.76. The summed E-state index contributed by atoms with van der Waals surface area (Å²) in [5.41, 5.74) is 1.62.